The molecule has 1 aliphatic carbocycles. The van der Waals surface area contributed by atoms with E-state index in [9.17, 15) is 0 Å². The predicted octanol–water partition coefficient (Wildman–Crippen LogP) is 3.17. The molecule has 2 heterocycles. The van der Waals surface area contributed by atoms with Gasteiger partial charge in [-0.05, 0) is 37.5 Å². The predicted molar refractivity (Wildman–Crippen MR) is 80.6 cm³/mol. The van der Waals surface area contributed by atoms with Crippen LogP contribution in [0.25, 0.3) is 11.3 Å². The van der Waals surface area contributed by atoms with Gasteiger partial charge in [0, 0.05) is 24.4 Å². The third kappa shape index (κ3) is 2.98. The van der Waals surface area contributed by atoms with E-state index in [0.717, 1.165) is 46.7 Å². The summed E-state index contributed by atoms with van der Waals surface area (Å²) in [4.78, 5) is 18.0. The first kappa shape index (κ1) is 13.5. The van der Waals surface area contributed by atoms with Crippen LogP contribution < -0.4 is 0 Å². The van der Waals surface area contributed by atoms with Gasteiger partial charge in [-0.2, -0.15) is 0 Å². The number of aromatic nitrogens is 4. The number of thioether (sulfide) groups is 1. The number of hydrogen-bond donors (Lipinski definition) is 0. The van der Waals surface area contributed by atoms with Gasteiger partial charge in [0.2, 0.25) is 0 Å². The van der Waals surface area contributed by atoms with E-state index in [1.165, 1.54) is 12.8 Å². The standard InChI is InChI=1S/C15H18N4S/c1-3-14-17-9-11(13(18-14)8-10-4-5-10)12-6-7-16-15(19-12)20-2/h6-7,9-10H,3-5,8H2,1-2H3. The molecule has 0 aliphatic heterocycles. The number of rotatable bonds is 5. The van der Waals surface area contributed by atoms with Crippen LogP contribution in [-0.2, 0) is 12.8 Å². The minimum absolute atomic E-state index is 0.791. The average Bonchev–Trinajstić information content (AvgIpc) is 3.31. The van der Waals surface area contributed by atoms with Crippen LogP contribution in [0, 0.1) is 5.92 Å². The maximum atomic E-state index is 4.72. The van der Waals surface area contributed by atoms with Crippen LogP contribution in [0.2, 0.25) is 0 Å². The molecule has 0 saturated heterocycles. The van der Waals surface area contributed by atoms with Gasteiger partial charge >= 0.3 is 0 Å². The minimum atomic E-state index is 0.791. The Morgan fingerprint density at radius 3 is 2.80 bits per heavy atom. The highest BCUT2D eigenvalue weighted by Gasteiger charge is 2.24. The lowest BCUT2D eigenvalue weighted by Crippen LogP contribution is -2.03. The van der Waals surface area contributed by atoms with Crippen LogP contribution in [0.1, 0.15) is 31.3 Å². The fraction of sp³-hybridized carbons (Fsp3) is 0.467. The highest BCUT2D eigenvalue weighted by molar-refractivity contribution is 7.98. The third-order valence-electron chi connectivity index (χ3n) is 3.50. The second-order valence-corrected chi connectivity index (χ2v) is 5.85. The zero-order chi connectivity index (χ0) is 13.9. The molecular formula is C15H18N4S. The van der Waals surface area contributed by atoms with Gasteiger partial charge in [-0.3, -0.25) is 0 Å². The van der Waals surface area contributed by atoms with Crippen molar-refractivity contribution in [2.24, 2.45) is 5.92 Å². The van der Waals surface area contributed by atoms with Crippen molar-refractivity contribution < 1.29 is 0 Å². The van der Waals surface area contributed by atoms with Gasteiger partial charge in [0.15, 0.2) is 5.16 Å². The van der Waals surface area contributed by atoms with E-state index in [1.54, 1.807) is 11.8 Å². The van der Waals surface area contributed by atoms with Gasteiger partial charge in [0.1, 0.15) is 5.82 Å². The summed E-state index contributed by atoms with van der Waals surface area (Å²) < 4.78 is 0. The summed E-state index contributed by atoms with van der Waals surface area (Å²) in [7, 11) is 0. The van der Waals surface area contributed by atoms with Gasteiger partial charge < -0.3 is 0 Å². The van der Waals surface area contributed by atoms with Crippen LogP contribution >= 0.6 is 11.8 Å². The van der Waals surface area contributed by atoms with E-state index in [2.05, 4.69) is 21.9 Å². The summed E-state index contributed by atoms with van der Waals surface area (Å²) in [6, 6.07) is 1.94. The Kier molecular flexibility index (Phi) is 3.96. The maximum absolute atomic E-state index is 4.72. The second-order valence-electron chi connectivity index (χ2n) is 5.08. The molecule has 0 atom stereocenters. The molecule has 0 spiro atoms. The Bertz CT molecular complexity index is 611. The topological polar surface area (TPSA) is 51.6 Å². The fourth-order valence-electron chi connectivity index (χ4n) is 2.18. The van der Waals surface area contributed by atoms with Crippen molar-refractivity contribution in [3.8, 4) is 11.3 Å². The van der Waals surface area contributed by atoms with Crippen molar-refractivity contribution in [3.63, 3.8) is 0 Å². The second kappa shape index (κ2) is 5.87. The Labute approximate surface area is 123 Å². The molecule has 1 fully saturated rings. The summed E-state index contributed by atoms with van der Waals surface area (Å²) in [5.74, 6) is 1.72. The van der Waals surface area contributed by atoms with Gasteiger partial charge in [-0.15, -0.1) is 0 Å². The Hall–Kier alpha value is -1.49. The highest BCUT2D eigenvalue weighted by Crippen LogP contribution is 2.34. The molecule has 1 saturated carbocycles. The SMILES string of the molecule is CCc1ncc(-c2ccnc(SC)n2)c(CC2CC2)n1. The van der Waals surface area contributed by atoms with Crippen LogP contribution in [0.4, 0.5) is 0 Å². The van der Waals surface area contributed by atoms with Crippen molar-refractivity contribution in [1.82, 2.24) is 19.9 Å². The van der Waals surface area contributed by atoms with E-state index in [1.807, 2.05) is 24.7 Å². The molecule has 0 aromatic carbocycles. The molecule has 0 unspecified atom stereocenters. The van der Waals surface area contributed by atoms with Crippen molar-refractivity contribution in [2.45, 2.75) is 37.8 Å². The van der Waals surface area contributed by atoms with Crippen LogP contribution in [0.15, 0.2) is 23.6 Å². The first-order valence-electron chi connectivity index (χ1n) is 7.02. The zero-order valence-electron chi connectivity index (χ0n) is 11.8. The molecule has 2 aromatic heterocycles. The lowest BCUT2D eigenvalue weighted by atomic mass is 10.1. The molecule has 5 heteroatoms. The van der Waals surface area contributed by atoms with Crippen LogP contribution in [0.3, 0.4) is 0 Å². The summed E-state index contributed by atoms with van der Waals surface area (Å²) in [6.07, 6.45) is 10.3. The smallest absolute Gasteiger partial charge is 0.187 e. The Morgan fingerprint density at radius 1 is 1.25 bits per heavy atom. The molecule has 104 valence electrons. The largest absolute Gasteiger partial charge is 0.241 e. The van der Waals surface area contributed by atoms with Gasteiger partial charge in [-0.25, -0.2) is 19.9 Å². The monoisotopic (exact) mass is 286 g/mol. The van der Waals surface area contributed by atoms with E-state index in [4.69, 9.17) is 4.98 Å². The van der Waals surface area contributed by atoms with Crippen molar-refractivity contribution >= 4 is 11.8 Å². The lowest BCUT2D eigenvalue weighted by molar-refractivity contribution is 0.780. The Balaban J connectivity index is 2.01. The molecule has 20 heavy (non-hydrogen) atoms. The third-order valence-corrected chi connectivity index (χ3v) is 4.07. The average molecular weight is 286 g/mol. The lowest BCUT2D eigenvalue weighted by Gasteiger charge is -2.09. The maximum Gasteiger partial charge on any atom is 0.187 e. The molecule has 0 N–H and O–H groups in total. The summed E-state index contributed by atoms with van der Waals surface area (Å²) >= 11 is 1.55. The first-order chi connectivity index (χ1) is 9.80. The number of aryl methyl sites for hydroxylation is 1. The highest BCUT2D eigenvalue weighted by atomic mass is 32.2. The van der Waals surface area contributed by atoms with Gasteiger partial charge in [0.05, 0.1) is 11.4 Å². The molecule has 4 nitrogen and oxygen atoms in total. The van der Waals surface area contributed by atoms with Crippen molar-refractivity contribution in [1.29, 1.82) is 0 Å². The normalized spacial score (nSPS) is 14.5. The molecular weight excluding hydrogens is 268 g/mol. The fourth-order valence-corrected chi connectivity index (χ4v) is 2.54. The molecule has 3 rings (SSSR count). The quantitative estimate of drug-likeness (QED) is 0.624. The van der Waals surface area contributed by atoms with Gasteiger partial charge in [-0.1, -0.05) is 18.7 Å². The number of hydrogen-bond acceptors (Lipinski definition) is 5. The van der Waals surface area contributed by atoms with Crippen LogP contribution in [0.5, 0.6) is 0 Å². The summed E-state index contributed by atoms with van der Waals surface area (Å²) in [6.45, 7) is 2.09. The summed E-state index contributed by atoms with van der Waals surface area (Å²) in [5.41, 5.74) is 3.14. The van der Waals surface area contributed by atoms with E-state index in [0.29, 0.717) is 0 Å². The first-order valence-corrected chi connectivity index (χ1v) is 8.24. The van der Waals surface area contributed by atoms with Crippen molar-refractivity contribution in [3.05, 3.63) is 30.0 Å². The number of nitrogens with zero attached hydrogens (tertiary/aromatic N) is 4. The molecule has 0 bridgehead atoms. The van der Waals surface area contributed by atoms with Gasteiger partial charge in [0.25, 0.3) is 0 Å². The minimum Gasteiger partial charge on any atom is -0.241 e. The molecule has 1 aliphatic rings. The van der Waals surface area contributed by atoms with E-state index < -0.39 is 0 Å². The van der Waals surface area contributed by atoms with Crippen molar-refractivity contribution in [2.75, 3.05) is 6.26 Å². The molecule has 0 amide bonds. The zero-order valence-corrected chi connectivity index (χ0v) is 12.7. The molecule has 2 aromatic rings. The van der Waals surface area contributed by atoms with Crippen LogP contribution in [-0.4, -0.2) is 26.2 Å². The Morgan fingerprint density at radius 2 is 2.10 bits per heavy atom. The summed E-state index contributed by atoms with van der Waals surface area (Å²) in [5, 5.41) is 0.791. The van der Waals surface area contributed by atoms with E-state index >= 15 is 0 Å². The van der Waals surface area contributed by atoms with E-state index in [-0.39, 0.29) is 0 Å². The molecule has 0 radical (unpaired) electrons.